The molecule has 5 atom stereocenters. The number of rotatable bonds is 5. The van der Waals surface area contributed by atoms with Crippen molar-refractivity contribution < 1.29 is 39.2 Å². The second-order valence-electron chi connectivity index (χ2n) is 9.05. The molecule has 1 aliphatic carbocycles. The normalized spacial score (nSPS) is 34.7. The summed E-state index contributed by atoms with van der Waals surface area (Å²) in [6.45, 7) is 5.32. The van der Waals surface area contributed by atoms with Crippen molar-refractivity contribution in [2.45, 2.75) is 57.3 Å². The molecule has 33 heavy (non-hydrogen) atoms. The van der Waals surface area contributed by atoms with Crippen LogP contribution in [0.3, 0.4) is 0 Å². The van der Waals surface area contributed by atoms with Crippen molar-refractivity contribution >= 4 is 17.9 Å². The standard InChI is InChI=1S/C24H33NO8/c1-14-5-3-6-16(13-27)10-19(28)21(20(9-14)32-22(29)15(2)12-26)17-11-25-8-4-7-18(25)24(31)33-23(17)30/h5,10,17-21,26-28H,2-4,6-9,11-13H2,1H3/b14-5+,16-10-/t17-,18?,19-,20+,21+/m1/s1. The zero-order valence-corrected chi connectivity index (χ0v) is 18.9. The summed E-state index contributed by atoms with van der Waals surface area (Å²) in [5, 5.41) is 30.3. The number of hydrogen-bond acceptors (Lipinski definition) is 9. The second kappa shape index (κ2) is 11.2. The molecule has 0 aromatic heterocycles. The quantitative estimate of drug-likeness (QED) is 0.232. The lowest BCUT2D eigenvalue weighted by Crippen LogP contribution is -2.47. The van der Waals surface area contributed by atoms with E-state index in [9.17, 15) is 29.7 Å². The fraction of sp³-hybridized carbons (Fsp3) is 0.625. The third-order valence-corrected chi connectivity index (χ3v) is 6.69. The Balaban J connectivity index is 2.03. The van der Waals surface area contributed by atoms with E-state index in [-0.39, 0.29) is 25.1 Å². The number of allylic oxidation sites excluding steroid dienone is 1. The van der Waals surface area contributed by atoms with Crippen LogP contribution in [0, 0.1) is 11.8 Å². The predicted octanol–water partition coefficient (Wildman–Crippen LogP) is 0.637. The van der Waals surface area contributed by atoms with Crippen molar-refractivity contribution in [1.82, 2.24) is 4.90 Å². The van der Waals surface area contributed by atoms with E-state index in [2.05, 4.69) is 6.58 Å². The van der Waals surface area contributed by atoms with Gasteiger partial charge in [0.05, 0.1) is 30.8 Å². The summed E-state index contributed by atoms with van der Waals surface area (Å²) in [7, 11) is 0. The zero-order valence-electron chi connectivity index (χ0n) is 18.9. The molecular weight excluding hydrogens is 430 g/mol. The largest absolute Gasteiger partial charge is 0.458 e. The van der Waals surface area contributed by atoms with E-state index in [4.69, 9.17) is 9.47 Å². The molecule has 0 saturated carbocycles. The molecule has 0 amide bonds. The highest BCUT2D eigenvalue weighted by molar-refractivity contribution is 5.91. The third-order valence-electron chi connectivity index (χ3n) is 6.69. The van der Waals surface area contributed by atoms with Crippen LogP contribution in [0.15, 0.2) is 35.5 Å². The maximum atomic E-state index is 13.0. The Labute approximate surface area is 193 Å². The van der Waals surface area contributed by atoms with Crippen LogP contribution in [0.4, 0.5) is 0 Å². The number of carbonyl (C=O) groups excluding carboxylic acids is 3. The van der Waals surface area contributed by atoms with Gasteiger partial charge < -0.3 is 24.8 Å². The topological polar surface area (TPSA) is 134 Å². The number of hydrogen-bond donors (Lipinski definition) is 3. The minimum atomic E-state index is -1.25. The molecule has 0 aromatic rings. The van der Waals surface area contributed by atoms with Gasteiger partial charge in [0.25, 0.3) is 0 Å². The first-order valence-corrected chi connectivity index (χ1v) is 11.4. The van der Waals surface area contributed by atoms with Gasteiger partial charge in [-0.3, -0.25) is 9.69 Å². The van der Waals surface area contributed by atoms with Crippen LogP contribution in [0.2, 0.25) is 0 Å². The molecule has 1 unspecified atom stereocenters. The van der Waals surface area contributed by atoms with E-state index in [1.807, 2.05) is 17.9 Å². The molecule has 2 fully saturated rings. The Morgan fingerprint density at radius 1 is 1.30 bits per heavy atom. The van der Waals surface area contributed by atoms with Crippen molar-refractivity contribution in [1.29, 1.82) is 0 Å². The number of ether oxygens (including phenoxy) is 2. The van der Waals surface area contributed by atoms with Crippen LogP contribution in [0.25, 0.3) is 0 Å². The van der Waals surface area contributed by atoms with Gasteiger partial charge in [-0.1, -0.05) is 24.3 Å². The van der Waals surface area contributed by atoms with Crippen LogP contribution in [0.1, 0.15) is 39.0 Å². The highest BCUT2D eigenvalue weighted by Crippen LogP contribution is 2.35. The Kier molecular flexibility index (Phi) is 8.58. The van der Waals surface area contributed by atoms with Gasteiger partial charge in [0.2, 0.25) is 0 Å². The predicted molar refractivity (Wildman–Crippen MR) is 118 cm³/mol. The Morgan fingerprint density at radius 3 is 2.76 bits per heavy atom. The number of fused-ring (bicyclic) bond motifs is 1. The summed E-state index contributed by atoms with van der Waals surface area (Å²) in [5.74, 6) is -4.08. The molecule has 3 rings (SSSR count). The van der Waals surface area contributed by atoms with Crippen LogP contribution < -0.4 is 0 Å². The van der Waals surface area contributed by atoms with E-state index in [0.29, 0.717) is 31.4 Å². The summed E-state index contributed by atoms with van der Waals surface area (Å²) in [6.07, 6.45) is 4.07. The minimum absolute atomic E-state index is 0.146. The lowest BCUT2D eigenvalue weighted by molar-refractivity contribution is -0.168. The lowest BCUT2D eigenvalue weighted by atomic mass is 9.79. The van der Waals surface area contributed by atoms with Crippen LogP contribution in [-0.2, 0) is 23.9 Å². The van der Waals surface area contributed by atoms with E-state index in [1.165, 1.54) is 6.08 Å². The summed E-state index contributed by atoms with van der Waals surface area (Å²) >= 11 is 0. The van der Waals surface area contributed by atoms with Crippen LogP contribution in [-0.4, -0.2) is 82.7 Å². The Morgan fingerprint density at radius 2 is 2.06 bits per heavy atom. The maximum Gasteiger partial charge on any atom is 0.336 e. The van der Waals surface area contributed by atoms with Crippen molar-refractivity contribution in [3.63, 3.8) is 0 Å². The maximum absolute atomic E-state index is 13.0. The number of aliphatic hydroxyl groups excluding tert-OH is 3. The molecular formula is C24H33NO8. The highest BCUT2D eigenvalue weighted by atomic mass is 16.6. The van der Waals surface area contributed by atoms with Gasteiger partial charge in [-0.15, -0.1) is 0 Å². The SMILES string of the molecule is C=C(CO)C(=O)O[C@H]1C/C(C)=C/CC/C(CO)=C/[C@@H](O)[C@@H]1[C@H]1CN2CCCC2C(=O)OC1=O. The number of esters is 3. The monoisotopic (exact) mass is 463 g/mol. The number of carbonyl (C=O) groups is 3. The van der Waals surface area contributed by atoms with E-state index >= 15 is 0 Å². The minimum Gasteiger partial charge on any atom is -0.458 e. The van der Waals surface area contributed by atoms with Crippen LogP contribution >= 0.6 is 0 Å². The molecule has 9 nitrogen and oxygen atoms in total. The van der Waals surface area contributed by atoms with Gasteiger partial charge in [0.15, 0.2) is 0 Å². The van der Waals surface area contributed by atoms with E-state index < -0.39 is 54.6 Å². The third kappa shape index (κ3) is 5.97. The average Bonchev–Trinajstić information content (AvgIpc) is 3.20. The molecule has 2 saturated heterocycles. The van der Waals surface area contributed by atoms with Crippen molar-refractivity contribution in [3.8, 4) is 0 Å². The van der Waals surface area contributed by atoms with Crippen molar-refractivity contribution in [2.24, 2.45) is 11.8 Å². The second-order valence-corrected chi connectivity index (χ2v) is 9.05. The summed E-state index contributed by atoms with van der Waals surface area (Å²) < 4.78 is 10.8. The summed E-state index contributed by atoms with van der Waals surface area (Å²) in [4.78, 5) is 39.9. The number of aliphatic hydroxyl groups is 3. The molecule has 0 bridgehead atoms. The van der Waals surface area contributed by atoms with Gasteiger partial charge in [-0.25, -0.2) is 9.59 Å². The summed E-state index contributed by atoms with van der Waals surface area (Å²) in [6, 6.07) is -0.504. The first kappa shape index (κ1) is 25.3. The molecule has 0 spiro atoms. The van der Waals surface area contributed by atoms with Crippen molar-refractivity contribution in [2.75, 3.05) is 26.3 Å². The molecule has 2 aliphatic heterocycles. The first-order chi connectivity index (χ1) is 15.7. The fourth-order valence-electron chi connectivity index (χ4n) is 4.89. The van der Waals surface area contributed by atoms with Gasteiger partial charge in [-0.2, -0.15) is 0 Å². The highest BCUT2D eigenvalue weighted by Gasteiger charge is 2.48. The van der Waals surface area contributed by atoms with Crippen molar-refractivity contribution in [3.05, 3.63) is 35.5 Å². The van der Waals surface area contributed by atoms with Gasteiger partial charge in [0.1, 0.15) is 12.1 Å². The molecule has 9 heteroatoms. The molecule has 0 aromatic carbocycles. The average molecular weight is 464 g/mol. The molecule has 182 valence electrons. The van der Waals surface area contributed by atoms with Gasteiger partial charge in [0, 0.05) is 18.9 Å². The Bertz CT molecular complexity index is 847. The van der Waals surface area contributed by atoms with Gasteiger partial charge in [-0.05, 0) is 44.7 Å². The Hall–Kier alpha value is -2.33. The lowest BCUT2D eigenvalue weighted by Gasteiger charge is -2.36. The fourth-order valence-corrected chi connectivity index (χ4v) is 4.89. The number of cyclic esters (lactones) is 2. The zero-order chi connectivity index (χ0) is 24.1. The van der Waals surface area contributed by atoms with Gasteiger partial charge >= 0.3 is 17.9 Å². The molecule has 2 heterocycles. The molecule has 3 N–H and O–H groups in total. The molecule has 3 aliphatic rings. The summed E-state index contributed by atoms with van der Waals surface area (Å²) in [5.41, 5.74) is 1.34. The van der Waals surface area contributed by atoms with E-state index in [1.54, 1.807) is 0 Å². The first-order valence-electron chi connectivity index (χ1n) is 11.4. The molecule has 0 radical (unpaired) electrons. The number of nitrogens with zero attached hydrogens (tertiary/aromatic N) is 1. The van der Waals surface area contributed by atoms with E-state index in [0.717, 1.165) is 12.0 Å². The van der Waals surface area contributed by atoms with Crippen LogP contribution in [0.5, 0.6) is 0 Å². The smallest absolute Gasteiger partial charge is 0.336 e.